The van der Waals surface area contributed by atoms with Crippen molar-refractivity contribution in [3.05, 3.63) is 66.5 Å². The summed E-state index contributed by atoms with van der Waals surface area (Å²) >= 11 is 0. The van der Waals surface area contributed by atoms with Crippen LogP contribution in [0, 0.1) is 11.3 Å². The monoisotopic (exact) mass is 372 g/mol. The van der Waals surface area contributed by atoms with Gasteiger partial charge in [0, 0.05) is 30.3 Å². The summed E-state index contributed by atoms with van der Waals surface area (Å²) in [4.78, 5) is 7.00. The van der Waals surface area contributed by atoms with Crippen LogP contribution in [0.25, 0.3) is 22.5 Å². The van der Waals surface area contributed by atoms with E-state index in [0.717, 1.165) is 29.1 Å². The normalized spacial score (nSPS) is 19.8. The van der Waals surface area contributed by atoms with Crippen molar-refractivity contribution >= 4 is 0 Å². The fourth-order valence-corrected chi connectivity index (χ4v) is 3.94. The van der Waals surface area contributed by atoms with E-state index in [9.17, 15) is 10.4 Å². The Labute approximate surface area is 165 Å². The van der Waals surface area contributed by atoms with Gasteiger partial charge in [0.25, 0.3) is 0 Å². The second kappa shape index (κ2) is 7.59. The molecule has 142 valence electrons. The van der Waals surface area contributed by atoms with Crippen LogP contribution in [0.5, 0.6) is 0 Å². The van der Waals surface area contributed by atoms with Crippen LogP contribution < -0.4 is 0 Å². The minimum absolute atomic E-state index is 0.0758. The quantitative estimate of drug-likeness (QED) is 0.758. The van der Waals surface area contributed by atoms with Crippen molar-refractivity contribution in [2.24, 2.45) is 0 Å². The molecular weight excluding hydrogens is 348 g/mol. The second-order valence-corrected chi connectivity index (χ2v) is 7.59. The highest BCUT2D eigenvalue weighted by Crippen LogP contribution is 2.36. The first-order valence-corrected chi connectivity index (χ1v) is 9.63. The van der Waals surface area contributed by atoms with Gasteiger partial charge in [-0.15, -0.1) is 0 Å². The molecule has 0 saturated carbocycles. The van der Waals surface area contributed by atoms with Crippen molar-refractivity contribution in [3.63, 3.8) is 0 Å². The van der Waals surface area contributed by atoms with E-state index in [1.54, 1.807) is 6.07 Å². The molecule has 1 N–H and O–H groups in total. The Hall–Kier alpha value is -2.94. The topological polar surface area (TPSA) is 65.1 Å². The number of likely N-dealkylation sites (tertiary alicyclic amines) is 1. The zero-order valence-corrected chi connectivity index (χ0v) is 16.2. The van der Waals surface area contributed by atoms with Gasteiger partial charge < -0.3 is 9.67 Å². The zero-order valence-electron chi connectivity index (χ0n) is 16.2. The first-order chi connectivity index (χ1) is 13.6. The Morgan fingerprint density at radius 2 is 1.82 bits per heavy atom. The molecule has 5 nitrogen and oxygen atoms in total. The predicted molar refractivity (Wildman–Crippen MR) is 110 cm³/mol. The second-order valence-electron chi connectivity index (χ2n) is 7.59. The average Bonchev–Trinajstić information content (AvgIpc) is 3.32. The number of rotatable bonds is 4. The lowest BCUT2D eigenvalue weighted by molar-refractivity contribution is 0.141. The van der Waals surface area contributed by atoms with Gasteiger partial charge in [-0.3, -0.25) is 4.90 Å². The van der Waals surface area contributed by atoms with E-state index in [2.05, 4.69) is 29.4 Å². The summed E-state index contributed by atoms with van der Waals surface area (Å²) in [6.45, 7) is 5.72. The maximum absolute atomic E-state index is 10.8. The number of imidazole rings is 1. The zero-order chi connectivity index (χ0) is 19.7. The molecule has 2 atom stereocenters. The van der Waals surface area contributed by atoms with Gasteiger partial charge in [0.15, 0.2) is 0 Å². The molecule has 3 aromatic rings. The number of nitriles is 1. The number of hydrogen-bond donors (Lipinski definition) is 1. The van der Waals surface area contributed by atoms with Crippen LogP contribution in [0.4, 0.5) is 0 Å². The Kier molecular flexibility index (Phi) is 4.99. The first-order valence-electron chi connectivity index (χ1n) is 9.63. The number of nitrogens with zero attached hydrogens (tertiary/aromatic N) is 4. The van der Waals surface area contributed by atoms with Gasteiger partial charge in [0.2, 0.25) is 0 Å². The molecule has 5 heteroatoms. The summed E-state index contributed by atoms with van der Waals surface area (Å²) < 4.78 is 2.09. The Morgan fingerprint density at radius 1 is 1.07 bits per heavy atom. The molecule has 1 saturated heterocycles. The molecule has 1 aliphatic rings. The molecule has 4 rings (SSSR count). The predicted octanol–water partition coefficient (Wildman–Crippen LogP) is 3.71. The van der Waals surface area contributed by atoms with Crippen molar-refractivity contribution < 1.29 is 5.11 Å². The molecule has 0 bridgehead atoms. The number of β-amino-alcohol motifs (C(OH)–C–C–N with tert-alkyl or cyclic N) is 1. The van der Waals surface area contributed by atoms with Gasteiger partial charge >= 0.3 is 0 Å². The van der Waals surface area contributed by atoms with E-state index in [1.165, 1.54) is 0 Å². The fourth-order valence-electron chi connectivity index (χ4n) is 3.94. The van der Waals surface area contributed by atoms with Crippen LogP contribution >= 0.6 is 0 Å². The van der Waals surface area contributed by atoms with Crippen molar-refractivity contribution in [2.45, 2.75) is 32.0 Å². The maximum atomic E-state index is 10.8. The van der Waals surface area contributed by atoms with Crippen molar-refractivity contribution in [3.8, 4) is 28.6 Å². The van der Waals surface area contributed by atoms with Crippen LogP contribution in [-0.2, 0) is 0 Å². The standard InChI is InChI=1S/C23H24N4O/c1-16(2)26-13-20(21(28)14-26)27-15-25-22(18-8-4-3-5-9-18)23(27)19-10-6-7-17(11-19)12-24/h3-11,15-16,20-21,28H,13-14H2,1-2H3/t20-,21-/m1/s1. The van der Waals surface area contributed by atoms with Crippen molar-refractivity contribution in [1.29, 1.82) is 5.26 Å². The molecule has 1 aliphatic heterocycles. The maximum Gasteiger partial charge on any atom is 0.0991 e. The van der Waals surface area contributed by atoms with Gasteiger partial charge in [0.1, 0.15) is 0 Å². The largest absolute Gasteiger partial charge is 0.390 e. The summed E-state index contributed by atoms with van der Waals surface area (Å²) in [6.07, 6.45) is 1.37. The van der Waals surface area contributed by atoms with Gasteiger partial charge in [-0.25, -0.2) is 4.98 Å². The molecule has 2 heterocycles. The Bertz CT molecular complexity index is 1000. The van der Waals surface area contributed by atoms with E-state index in [0.29, 0.717) is 18.2 Å². The van der Waals surface area contributed by atoms with Gasteiger partial charge in [0.05, 0.1) is 41.5 Å². The molecule has 2 aromatic carbocycles. The minimum atomic E-state index is -0.460. The smallest absolute Gasteiger partial charge is 0.0991 e. The Balaban J connectivity index is 1.86. The first kappa shape index (κ1) is 18.4. The highest BCUT2D eigenvalue weighted by Gasteiger charge is 2.35. The molecule has 28 heavy (non-hydrogen) atoms. The fraction of sp³-hybridized carbons (Fsp3) is 0.304. The third-order valence-corrected chi connectivity index (χ3v) is 5.48. The molecule has 1 aromatic heterocycles. The van der Waals surface area contributed by atoms with Crippen LogP contribution in [0.3, 0.4) is 0 Å². The molecular formula is C23H24N4O. The van der Waals surface area contributed by atoms with Crippen LogP contribution in [-0.4, -0.2) is 44.8 Å². The number of hydrogen-bond acceptors (Lipinski definition) is 4. The van der Waals surface area contributed by atoms with Gasteiger partial charge in [-0.2, -0.15) is 5.26 Å². The van der Waals surface area contributed by atoms with Gasteiger partial charge in [-0.05, 0) is 26.0 Å². The van der Waals surface area contributed by atoms with Crippen LogP contribution in [0.1, 0.15) is 25.5 Å². The summed E-state index contributed by atoms with van der Waals surface area (Å²) in [5.74, 6) is 0. The van der Waals surface area contributed by atoms with E-state index < -0.39 is 6.10 Å². The third-order valence-electron chi connectivity index (χ3n) is 5.48. The van der Waals surface area contributed by atoms with E-state index in [1.807, 2.05) is 54.9 Å². The highest BCUT2D eigenvalue weighted by molar-refractivity contribution is 5.79. The molecule has 0 unspecified atom stereocenters. The molecule has 0 amide bonds. The number of aliphatic hydroxyl groups is 1. The number of aromatic nitrogens is 2. The molecule has 0 radical (unpaired) electrons. The van der Waals surface area contributed by atoms with Crippen LogP contribution in [0.2, 0.25) is 0 Å². The Morgan fingerprint density at radius 3 is 2.50 bits per heavy atom. The summed E-state index contributed by atoms with van der Waals surface area (Å²) in [6, 6.07) is 20.2. The summed E-state index contributed by atoms with van der Waals surface area (Å²) in [7, 11) is 0. The van der Waals surface area contributed by atoms with E-state index in [4.69, 9.17) is 4.98 Å². The van der Waals surface area contributed by atoms with E-state index >= 15 is 0 Å². The lowest BCUT2D eigenvalue weighted by atomic mass is 10.0. The minimum Gasteiger partial charge on any atom is -0.390 e. The highest BCUT2D eigenvalue weighted by atomic mass is 16.3. The third kappa shape index (κ3) is 3.33. The van der Waals surface area contributed by atoms with Gasteiger partial charge in [-0.1, -0.05) is 42.5 Å². The summed E-state index contributed by atoms with van der Waals surface area (Å²) in [5.41, 5.74) is 4.38. The number of benzene rings is 2. The lowest BCUT2D eigenvalue weighted by Crippen LogP contribution is -2.29. The molecule has 0 aliphatic carbocycles. The van der Waals surface area contributed by atoms with Crippen molar-refractivity contribution in [2.75, 3.05) is 13.1 Å². The molecule has 0 spiro atoms. The van der Waals surface area contributed by atoms with E-state index in [-0.39, 0.29) is 6.04 Å². The SMILES string of the molecule is CC(C)N1C[C@@H](O)[C@H](n2cnc(-c3ccccc3)c2-c2cccc(C#N)c2)C1. The van der Waals surface area contributed by atoms with Crippen LogP contribution in [0.15, 0.2) is 60.9 Å². The number of aliphatic hydroxyl groups excluding tert-OH is 1. The summed E-state index contributed by atoms with van der Waals surface area (Å²) in [5, 5.41) is 20.1. The molecule has 1 fully saturated rings. The van der Waals surface area contributed by atoms with Crippen molar-refractivity contribution in [1.82, 2.24) is 14.5 Å². The lowest BCUT2D eigenvalue weighted by Gasteiger charge is -2.21. The average molecular weight is 372 g/mol.